The van der Waals surface area contributed by atoms with Gasteiger partial charge in [0.25, 0.3) is 5.56 Å². The van der Waals surface area contributed by atoms with E-state index in [1.807, 2.05) is 0 Å². The minimum atomic E-state index is -0.663. The third-order valence-corrected chi connectivity index (χ3v) is 3.81. The number of halogens is 2. The maximum absolute atomic E-state index is 13.8. The minimum Gasteiger partial charge on any atom is -0.310 e. The molecule has 0 aliphatic heterocycles. The van der Waals surface area contributed by atoms with Crippen LogP contribution in [0.1, 0.15) is 5.56 Å². The second kappa shape index (κ2) is 5.90. The zero-order valence-corrected chi connectivity index (χ0v) is 12.8. The van der Waals surface area contributed by atoms with Crippen LogP contribution in [0.2, 0.25) is 0 Å². The lowest BCUT2D eigenvalue weighted by atomic mass is 10.2. The quantitative estimate of drug-likeness (QED) is 0.574. The van der Waals surface area contributed by atoms with Gasteiger partial charge in [0, 0.05) is 11.8 Å². The summed E-state index contributed by atoms with van der Waals surface area (Å²) in [5.41, 5.74) is -0.168. The Labute approximate surface area is 140 Å². The van der Waals surface area contributed by atoms with E-state index >= 15 is 0 Å². The molecule has 0 bridgehead atoms. The molecule has 0 spiro atoms. The molecule has 0 amide bonds. The van der Waals surface area contributed by atoms with E-state index in [1.165, 1.54) is 40.0 Å². The lowest BCUT2D eigenvalue weighted by Gasteiger charge is -2.07. The Morgan fingerprint density at radius 1 is 0.920 bits per heavy atom. The maximum atomic E-state index is 13.8. The number of nitrogens with zero attached hydrogens (tertiary/aromatic N) is 5. The molecule has 3 heterocycles. The molecule has 0 saturated heterocycles. The Morgan fingerprint density at radius 2 is 1.72 bits per heavy atom. The van der Waals surface area contributed by atoms with E-state index in [9.17, 15) is 13.6 Å². The highest BCUT2D eigenvalue weighted by molar-refractivity contribution is 5.69. The van der Waals surface area contributed by atoms with Gasteiger partial charge in [-0.2, -0.15) is 0 Å². The van der Waals surface area contributed by atoms with E-state index in [1.54, 1.807) is 24.4 Å². The molecule has 8 heteroatoms. The van der Waals surface area contributed by atoms with Gasteiger partial charge in [-0.25, -0.2) is 28.3 Å². The largest absolute Gasteiger partial charge is 0.310 e. The molecule has 0 atom stereocenters. The average Bonchev–Trinajstić information content (AvgIpc) is 3.03. The Bertz CT molecular complexity index is 1100. The van der Waals surface area contributed by atoms with E-state index < -0.39 is 17.2 Å². The first-order valence-corrected chi connectivity index (χ1v) is 7.42. The molecule has 4 aromatic rings. The zero-order chi connectivity index (χ0) is 17.4. The summed E-state index contributed by atoms with van der Waals surface area (Å²) >= 11 is 0. The van der Waals surface area contributed by atoms with Gasteiger partial charge in [0.2, 0.25) is 0 Å². The molecule has 0 aliphatic rings. The number of rotatable bonds is 3. The van der Waals surface area contributed by atoms with Crippen LogP contribution < -0.4 is 5.56 Å². The fourth-order valence-corrected chi connectivity index (χ4v) is 2.57. The standard InChI is InChI=1S/C17H11F2N5O/c18-12-4-3-5-13(19)11(12)8-23-9-21-15-16(23)22-10-24(17(15)25)14-6-1-2-7-20-14/h1-7,9-10H,8H2. The van der Waals surface area contributed by atoms with Crippen molar-refractivity contribution in [2.75, 3.05) is 0 Å². The van der Waals surface area contributed by atoms with E-state index in [2.05, 4.69) is 15.0 Å². The van der Waals surface area contributed by atoms with Crippen LogP contribution in [0.4, 0.5) is 8.78 Å². The number of pyridine rings is 1. The van der Waals surface area contributed by atoms with Crippen molar-refractivity contribution >= 4 is 11.2 Å². The molecule has 6 nitrogen and oxygen atoms in total. The van der Waals surface area contributed by atoms with Gasteiger partial charge in [-0.15, -0.1) is 0 Å². The van der Waals surface area contributed by atoms with Crippen molar-refractivity contribution in [3.05, 3.63) is 82.8 Å². The summed E-state index contributed by atoms with van der Waals surface area (Å²) in [5.74, 6) is -0.913. The van der Waals surface area contributed by atoms with Gasteiger partial charge in [0.15, 0.2) is 11.2 Å². The molecule has 124 valence electrons. The molecule has 0 aliphatic carbocycles. The van der Waals surface area contributed by atoms with Gasteiger partial charge in [-0.3, -0.25) is 4.79 Å². The van der Waals surface area contributed by atoms with Crippen molar-refractivity contribution in [3.63, 3.8) is 0 Å². The summed E-state index contributed by atoms with van der Waals surface area (Å²) < 4.78 is 30.4. The highest BCUT2D eigenvalue weighted by atomic mass is 19.1. The van der Waals surface area contributed by atoms with E-state index in [0.29, 0.717) is 5.82 Å². The Kier molecular flexibility index (Phi) is 3.57. The first kappa shape index (κ1) is 15.1. The second-order valence-electron chi connectivity index (χ2n) is 5.35. The molecule has 0 fully saturated rings. The monoisotopic (exact) mass is 339 g/mol. The average molecular weight is 339 g/mol. The lowest BCUT2D eigenvalue weighted by Crippen LogP contribution is -2.20. The van der Waals surface area contributed by atoms with Crippen molar-refractivity contribution in [2.45, 2.75) is 6.54 Å². The molecule has 4 rings (SSSR count). The predicted octanol–water partition coefficient (Wildman–Crippen LogP) is 2.30. The number of imidazole rings is 1. The van der Waals surface area contributed by atoms with Gasteiger partial charge < -0.3 is 4.57 Å². The van der Waals surface area contributed by atoms with Gasteiger partial charge >= 0.3 is 0 Å². The van der Waals surface area contributed by atoms with Crippen molar-refractivity contribution < 1.29 is 8.78 Å². The van der Waals surface area contributed by atoms with Gasteiger partial charge in [0.05, 0.1) is 12.9 Å². The van der Waals surface area contributed by atoms with Crippen LogP contribution >= 0.6 is 0 Å². The molecule has 0 saturated carbocycles. The Hall–Kier alpha value is -3.42. The number of hydrogen-bond donors (Lipinski definition) is 0. The Morgan fingerprint density at radius 3 is 2.44 bits per heavy atom. The van der Waals surface area contributed by atoms with Gasteiger partial charge in [0.1, 0.15) is 23.8 Å². The van der Waals surface area contributed by atoms with Crippen molar-refractivity contribution in [1.82, 2.24) is 24.1 Å². The van der Waals surface area contributed by atoms with Gasteiger partial charge in [-0.1, -0.05) is 12.1 Å². The normalized spacial score (nSPS) is 11.1. The highest BCUT2D eigenvalue weighted by Crippen LogP contribution is 2.16. The predicted molar refractivity (Wildman–Crippen MR) is 86.4 cm³/mol. The van der Waals surface area contributed by atoms with Crippen LogP contribution in [0.5, 0.6) is 0 Å². The molecule has 1 aromatic carbocycles. The summed E-state index contributed by atoms with van der Waals surface area (Å²) in [6.45, 7) is -0.116. The molecule has 3 aromatic heterocycles. The summed E-state index contributed by atoms with van der Waals surface area (Å²) in [5, 5.41) is 0. The van der Waals surface area contributed by atoms with E-state index in [0.717, 1.165) is 0 Å². The molecule has 0 N–H and O–H groups in total. The molecular weight excluding hydrogens is 328 g/mol. The summed E-state index contributed by atoms with van der Waals surface area (Å²) in [6.07, 6.45) is 4.22. The maximum Gasteiger partial charge on any atom is 0.287 e. The van der Waals surface area contributed by atoms with Crippen LogP contribution in [0.3, 0.4) is 0 Å². The molecular formula is C17H11F2N5O. The fourth-order valence-electron chi connectivity index (χ4n) is 2.57. The van der Waals surface area contributed by atoms with Crippen LogP contribution in [0.15, 0.2) is 60.0 Å². The van der Waals surface area contributed by atoms with Crippen LogP contribution in [0.25, 0.3) is 17.0 Å². The van der Waals surface area contributed by atoms with Crippen LogP contribution in [0, 0.1) is 11.6 Å². The SMILES string of the molecule is O=c1c2ncn(Cc3c(F)cccc3F)c2ncn1-c1ccccn1. The van der Waals surface area contributed by atoms with E-state index in [4.69, 9.17) is 0 Å². The van der Waals surface area contributed by atoms with E-state index in [-0.39, 0.29) is 23.3 Å². The summed E-state index contributed by atoms with van der Waals surface area (Å²) in [6, 6.07) is 8.80. The highest BCUT2D eigenvalue weighted by Gasteiger charge is 2.15. The first-order chi connectivity index (χ1) is 12.1. The fraction of sp³-hybridized carbons (Fsp3) is 0.0588. The van der Waals surface area contributed by atoms with Crippen LogP contribution in [-0.4, -0.2) is 24.1 Å². The smallest absolute Gasteiger partial charge is 0.287 e. The zero-order valence-electron chi connectivity index (χ0n) is 12.8. The summed E-state index contributed by atoms with van der Waals surface area (Å²) in [4.78, 5) is 25.0. The second-order valence-corrected chi connectivity index (χ2v) is 5.35. The lowest BCUT2D eigenvalue weighted by molar-refractivity contribution is 0.546. The summed E-state index contributed by atoms with van der Waals surface area (Å²) in [7, 11) is 0. The minimum absolute atomic E-state index is 0.102. The molecule has 0 unspecified atom stereocenters. The number of aromatic nitrogens is 5. The van der Waals surface area contributed by atoms with Crippen molar-refractivity contribution in [2.24, 2.45) is 0 Å². The topological polar surface area (TPSA) is 65.6 Å². The third-order valence-electron chi connectivity index (χ3n) is 3.81. The van der Waals surface area contributed by atoms with Gasteiger partial charge in [-0.05, 0) is 24.3 Å². The number of fused-ring (bicyclic) bond motifs is 1. The number of hydrogen-bond acceptors (Lipinski definition) is 4. The third kappa shape index (κ3) is 2.57. The Balaban J connectivity index is 1.81. The van der Waals surface area contributed by atoms with Crippen molar-refractivity contribution in [3.8, 4) is 5.82 Å². The van der Waals surface area contributed by atoms with Crippen LogP contribution in [-0.2, 0) is 6.54 Å². The molecule has 0 radical (unpaired) electrons. The van der Waals surface area contributed by atoms with Crippen molar-refractivity contribution in [1.29, 1.82) is 0 Å². The first-order valence-electron chi connectivity index (χ1n) is 7.42. The molecule has 25 heavy (non-hydrogen) atoms. The number of benzene rings is 1.